The third-order valence-electron chi connectivity index (χ3n) is 6.15. The van der Waals surface area contributed by atoms with Crippen molar-refractivity contribution in [1.82, 2.24) is 9.47 Å². The van der Waals surface area contributed by atoms with Crippen LogP contribution < -0.4 is 0 Å². The highest BCUT2D eigenvalue weighted by molar-refractivity contribution is 8.18. The molecule has 2 amide bonds. The number of benzene rings is 3. The lowest BCUT2D eigenvalue weighted by atomic mass is 10.1. The van der Waals surface area contributed by atoms with Gasteiger partial charge in [0.1, 0.15) is 0 Å². The number of aryl methyl sites for hydroxylation is 1. The Morgan fingerprint density at radius 2 is 1.51 bits per heavy atom. The number of nitrogens with zero attached hydrogens (tertiary/aromatic N) is 2. The molecule has 1 saturated heterocycles. The van der Waals surface area contributed by atoms with E-state index >= 15 is 0 Å². The number of thioether (sulfide) groups is 1. The molecule has 35 heavy (non-hydrogen) atoms. The molecular weight excluding hydrogens is 476 g/mol. The van der Waals surface area contributed by atoms with Crippen LogP contribution in [0.2, 0.25) is 5.02 Å². The molecule has 1 fully saturated rings. The van der Waals surface area contributed by atoms with Crippen molar-refractivity contribution in [2.24, 2.45) is 0 Å². The number of carbonyl (C=O) groups is 2. The molecule has 0 radical (unpaired) electrons. The van der Waals surface area contributed by atoms with E-state index in [1.54, 1.807) is 6.07 Å². The van der Waals surface area contributed by atoms with Crippen molar-refractivity contribution in [1.29, 1.82) is 0 Å². The Hall–Kier alpha value is -3.54. The Bertz CT molecular complexity index is 1460. The summed E-state index contributed by atoms with van der Waals surface area (Å²) in [5.74, 6) is -0.295. The number of rotatable bonds is 5. The van der Waals surface area contributed by atoms with Gasteiger partial charge in [0.15, 0.2) is 0 Å². The van der Waals surface area contributed by atoms with Crippen molar-refractivity contribution in [2.45, 2.75) is 20.4 Å². The number of halogens is 1. The number of hydrogen-bond acceptors (Lipinski definition) is 3. The summed E-state index contributed by atoms with van der Waals surface area (Å²) in [5.41, 5.74) is 7.10. The molecule has 0 aliphatic carbocycles. The Balaban J connectivity index is 1.41. The molecule has 0 N–H and O–H groups in total. The second-order valence-electron chi connectivity index (χ2n) is 8.43. The third kappa shape index (κ3) is 4.57. The summed E-state index contributed by atoms with van der Waals surface area (Å²) >= 11 is 7.20. The topological polar surface area (TPSA) is 42.3 Å². The zero-order valence-electron chi connectivity index (χ0n) is 19.4. The van der Waals surface area contributed by atoms with E-state index in [1.165, 1.54) is 10.5 Å². The SMILES string of the molecule is Cc1cc(/C=C2\SC(=O)N(Cc3ccccc3Cl)C2=O)c(C)n1-c1ccc(-c2ccccc2)cc1. The van der Waals surface area contributed by atoms with Gasteiger partial charge in [-0.15, -0.1) is 0 Å². The van der Waals surface area contributed by atoms with Crippen molar-refractivity contribution < 1.29 is 9.59 Å². The first-order valence-electron chi connectivity index (χ1n) is 11.3. The van der Waals surface area contributed by atoms with E-state index in [0.29, 0.717) is 9.93 Å². The van der Waals surface area contributed by atoms with Gasteiger partial charge in [-0.2, -0.15) is 0 Å². The molecule has 5 rings (SSSR count). The minimum absolute atomic E-state index is 0.161. The fourth-order valence-electron chi connectivity index (χ4n) is 4.34. The predicted molar refractivity (Wildman–Crippen MR) is 144 cm³/mol. The molecule has 0 atom stereocenters. The van der Waals surface area contributed by atoms with Crippen molar-refractivity contribution in [3.63, 3.8) is 0 Å². The van der Waals surface area contributed by atoms with E-state index in [9.17, 15) is 9.59 Å². The third-order valence-corrected chi connectivity index (χ3v) is 7.43. The van der Waals surface area contributed by atoms with Gasteiger partial charge >= 0.3 is 0 Å². The Labute approximate surface area is 213 Å². The van der Waals surface area contributed by atoms with Crippen LogP contribution in [-0.2, 0) is 11.3 Å². The van der Waals surface area contributed by atoms with Gasteiger partial charge in [0.05, 0.1) is 11.4 Å². The molecule has 0 saturated carbocycles. The molecule has 1 aliphatic heterocycles. The van der Waals surface area contributed by atoms with Gasteiger partial charge in [-0.3, -0.25) is 14.5 Å². The molecule has 2 heterocycles. The summed E-state index contributed by atoms with van der Waals surface area (Å²) in [4.78, 5) is 27.3. The standard InChI is InChI=1S/C29H23ClN2O2S/c1-19-16-24(17-27-28(33)31(29(34)35-27)18-23-10-6-7-11-26(23)30)20(2)32(19)25-14-12-22(13-15-25)21-8-4-3-5-9-21/h3-17H,18H2,1-2H3/b27-17-. The Kier molecular flexibility index (Phi) is 6.37. The van der Waals surface area contributed by atoms with E-state index in [0.717, 1.165) is 45.5 Å². The highest BCUT2D eigenvalue weighted by Gasteiger charge is 2.35. The number of amides is 2. The minimum Gasteiger partial charge on any atom is -0.318 e. The summed E-state index contributed by atoms with van der Waals surface area (Å²) in [5, 5.41) is 0.254. The molecule has 1 aliphatic rings. The smallest absolute Gasteiger partial charge is 0.293 e. The van der Waals surface area contributed by atoms with E-state index < -0.39 is 0 Å². The molecule has 0 spiro atoms. The largest absolute Gasteiger partial charge is 0.318 e. The van der Waals surface area contributed by atoms with Gasteiger partial charge in [-0.05, 0) is 78.2 Å². The van der Waals surface area contributed by atoms with Crippen molar-refractivity contribution in [3.8, 4) is 16.8 Å². The zero-order valence-corrected chi connectivity index (χ0v) is 20.9. The molecule has 1 aromatic heterocycles. The average Bonchev–Trinajstić information content (AvgIpc) is 3.30. The normalized spacial score (nSPS) is 14.8. The fraction of sp³-hybridized carbons (Fsp3) is 0.103. The van der Waals surface area contributed by atoms with E-state index in [4.69, 9.17) is 11.6 Å². The summed E-state index contributed by atoms with van der Waals surface area (Å²) in [6.45, 7) is 4.23. The second-order valence-corrected chi connectivity index (χ2v) is 9.83. The van der Waals surface area contributed by atoms with E-state index in [1.807, 2.05) is 62.4 Å². The van der Waals surface area contributed by atoms with Gasteiger partial charge < -0.3 is 4.57 Å². The Morgan fingerprint density at radius 1 is 0.857 bits per heavy atom. The quantitative estimate of drug-likeness (QED) is 0.265. The van der Waals surface area contributed by atoms with Crippen molar-refractivity contribution in [2.75, 3.05) is 0 Å². The van der Waals surface area contributed by atoms with Crippen LogP contribution >= 0.6 is 23.4 Å². The molecule has 3 aromatic carbocycles. The highest BCUT2D eigenvalue weighted by Crippen LogP contribution is 2.35. The maximum atomic E-state index is 13.0. The lowest BCUT2D eigenvalue weighted by Crippen LogP contribution is -2.27. The van der Waals surface area contributed by atoms with Gasteiger partial charge in [-0.25, -0.2) is 0 Å². The molecule has 0 unspecified atom stereocenters. The number of carbonyl (C=O) groups excluding carboxylic acids is 2. The van der Waals surface area contributed by atoms with E-state index in [2.05, 4.69) is 41.0 Å². The van der Waals surface area contributed by atoms with Crippen LogP contribution in [0, 0.1) is 13.8 Å². The van der Waals surface area contributed by atoms with Gasteiger partial charge in [-0.1, -0.05) is 72.3 Å². The van der Waals surface area contributed by atoms with Gasteiger partial charge in [0, 0.05) is 22.1 Å². The monoisotopic (exact) mass is 498 g/mol. The number of hydrogen-bond donors (Lipinski definition) is 0. The Morgan fingerprint density at radius 3 is 2.23 bits per heavy atom. The van der Waals surface area contributed by atoms with Gasteiger partial charge in [0.2, 0.25) is 0 Å². The molecule has 4 aromatic rings. The molecule has 6 heteroatoms. The maximum absolute atomic E-state index is 13.0. The highest BCUT2D eigenvalue weighted by atomic mass is 35.5. The number of imide groups is 1. The summed E-state index contributed by atoms with van der Waals surface area (Å²) in [6.07, 6.45) is 1.81. The second kappa shape index (κ2) is 9.61. The van der Waals surface area contributed by atoms with Crippen molar-refractivity contribution >= 4 is 40.6 Å². The molecular formula is C29H23ClN2O2S. The van der Waals surface area contributed by atoms with Crippen LogP contribution in [0.5, 0.6) is 0 Å². The van der Waals surface area contributed by atoms with Crippen LogP contribution in [0.3, 0.4) is 0 Å². The molecule has 0 bridgehead atoms. The van der Waals surface area contributed by atoms with Crippen LogP contribution in [0.15, 0.2) is 89.8 Å². The summed E-state index contributed by atoms with van der Waals surface area (Å²) in [6, 6.07) is 28.0. The van der Waals surface area contributed by atoms with Crippen LogP contribution in [0.25, 0.3) is 22.9 Å². The average molecular weight is 499 g/mol. The first-order valence-corrected chi connectivity index (χ1v) is 12.5. The number of aromatic nitrogens is 1. The van der Waals surface area contributed by atoms with Crippen LogP contribution in [-0.4, -0.2) is 20.6 Å². The minimum atomic E-state index is -0.295. The van der Waals surface area contributed by atoms with Gasteiger partial charge in [0.25, 0.3) is 11.1 Å². The predicted octanol–water partition coefficient (Wildman–Crippen LogP) is 7.65. The first kappa shape index (κ1) is 23.2. The van der Waals surface area contributed by atoms with E-state index in [-0.39, 0.29) is 17.7 Å². The maximum Gasteiger partial charge on any atom is 0.293 e. The first-order chi connectivity index (χ1) is 16.9. The lowest BCUT2D eigenvalue weighted by molar-refractivity contribution is -0.123. The van der Waals surface area contributed by atoms with Crippen molar-refractivity contribution in [3.05, 3.63) is 117 Å². The summed E-state index contributed by atoms with van der Waals surface area (Å²) < 4.78 is 2.16. The lowest BCUT2D eigenvalue weighted by Gasteiger charge is -2.13. The molecule has 174 valence electrons. The van der Waals surface area contributed by atoms with Crippen LogP contribution in [0.4, 0.5) is 4.79 Å². The van der Waals surface area contributed by atoms with Crippen LogP contribution in [0.1, 0.15) is 22.5 Å². The zero-order chi connectivity index (χ0) is 24.5. The fourth-order valence-corrected chi connectivity index (χ4v) is 5.36. The summed E-state index contributed by atoms with van der Waals surface area (Å²) in [7, 11) is 0. The molecule has 4 nitrogen and oxygen atoms in total.